The number of hydrogen-bond acceptors (Lipinski definition) is 10. The van der Waals surface area contributed by atoms with Crippen molar-refractivity contribution in [3.63, 3.8) is 0 Å². The third-order valence-electron chi connectivity index (χ3n) is 5.94. The van der Waals surface area contributed by atoms with Gasteiger partial charge in [0.15, 0.2) is 0 Å². The van der Waals surface area contributed by atoms with Gasteiger partial charge in [0.2, 0.25) is 5.95 Å². The van der Waals surface area contributed by atoms with Gasteiger partial charge in [0, 0.05) is 30.5 Å². The van der Waals surface area contributed by atoms with E-state index < -0.39 is 0 Å². The first-order chi connectivity index (χ1) is 18.1. The minimum absolute atomic E-state index is 0. The largest absolute Gasteiger partial charge is 0.495 e. The Morgan fingerprint density at radius 2 is 1.92 bits per heavy atom. The fraction of sp³-hybridized carbons (Fsp3) is 0.308. The van der Waals surface area contributed by atoms with Crippen molar-refractivity contribution in [1.82, 2.24) is 35.5 Å². The molecule has 2 N–H and O–H groups in total. The lowest BCUT2D eigenvalue weighted by atomic mass is 10.1. The van der Waals surface area contributed by atoms with Gasteiger partial charge >= 0.3 is 0 Å². The third-order valence-corrected chi connectivity index (χ3v) is 5.94. The van der Waals surface area contributed by atoms with Crippen LogP contribution in [0.1, 0.15) is 30.9 Å². The number of aromatic nitrogens is 6. The summed E-state index contributed by atoms with van der Waals surface area (Å²) in [7, 11) is 1.65. The molecule has 38 heavy (non-hydrogen) atoms. The maximum absolute atomic E-state index is 9.53. The molecule has 0 amide bonds. The van der Waals surface area contributed by atoms with Crippen molar-refractivity contribution < 1.29 is 9.47 Å². The third kappa shape index (κ3) is 6.73. The number of benzene rings is 2. The zero-order chi connectivity index (χ0) is 25.6. The van der Waals surface area contributed by atoms with Crippen LogP contribution in [0.25, 0.3) is 11.1 Å². The van der Waals surface area contributed by atoms with Gasteiger partial charge in [-0.3, -0.25) is 0 Å². The average molecular weight is 534 g/mol. The van der Waals surface area contributed by atoms with Crippen LogP contribution in [0.3, 0.4) is 0 Å². The smallest absolute Gasteiger partial charge is 0.227 e. The standard InChI is InChI=1S/C26H27N9O2.ClH/c1-17(15-35-16-31-33-34-35)37-24-10-19(4-5-20(24)11-27)21-13-29-26(30-14-21)32-23-8-3-18(9-25(23)36-2)12-28-22-6-7-22;/h3-5,8-10,13-14,16-17,22,28H,6-7,12,15H2,1-2H3,(H,29,30,32);1H. The summed E-state index contributed by atoms with van der Waals surface area (Å²) < 4.78 is 13.2. The Morgan fingerprint density at radius 3 is 2.61 bits per heavy atom. The molecule has 0 saturated heterocycles. The van der Waals surface area contributed by atoms with Gasteiger partial charge in [0.1, 0.15) is 30.0 Å². The van der Waals surface area contributed by atoms with Crippen molar-refractivity contribution in [2.45, 2.75) is 45.0 Å². The molecule has 0 radical (unpaired) electrons. The summed E-state index contributed by atoms with van der Waals surface area (Å²) in [5, 5.41) is 27.4. The number of anilines is 2. The average Bonchev–Trinajstić information content (AvgIpc) is 3.62. The predicted molar refractivity (Wildman–Crippen MR) is 143 cm³/mol. The molecule has 1 saturated carbocycles. The van der Waals surface area contributed by atoms with Crippen LogP contribution in [-0.2, 0) is 13.1 Å². The molecule has 196 valence electrons. The number of halogens is 1. The lowest BCUT2D eigenvalue weighted by molar-refractivity contribution is 0.192. The number of ether oxygens (including phenoxy) is 2. The van der Waals surface area contributed by atoms with Crippen LogP contribution in [0.4, 0.5) is 11.6 Å². The molecule has 2 heterocycles. The van der Waals surface area contributed by atoms with Crippen molar-refractivity contribution in [1.29, 1.82) is 5.26 Å². The Balaban J connectivity index is 0.00000336. The molecule has 1 fully saturated rings. The summed E-state index contributed by atoms with van der Waals surface area (Å²) >= 11 is 0. The van der Waals surface area contributed by atoms with E-state index >= 15 is 0 Å². The molecule has 1 atom stereocenters. The van der Waals surface area contributed by atoms with Crippen LogP contribution in [0, 0.1) is 11.3 Å². The Morgan fingerprint density at radius 1 is 1.11 bits per heavy atom. The number of rotatable bonds is 11. The van der Waals surface area contributed by atoms with Crippen LogP contribution >= 0.6 is 12.4 Å². The van der Waals surface area contributed by atoms with Gasteiger partial charge in [0.25, 0.3) is 0 Å². The molecule has 4 aromatic rings. The van der Waals surface area contributed by atoms with Crippen molar-refractivity contribution in [3.8, 4) is 28.7 Å². The van der Waals surface area contributed by atoms with Crippen molar-refractivity contribution in [2.24, 2.45) is 0 Å². The maximum atomic E-state index is 9.53. The number of nitrogens with zero attached hydrogens (tertiary/aromatic N) is 7. The van der Waals surface area contributed by atoms with Gasteiger partial charge in [0.05, 0.1) is 24.9 Å². The van der Waals surface area contributed by atoms with Crippen LogP contribution in [-0.4, -0.2) is 49.4 Å². The molecule has 2 aromatic heterocycles. The first-order valence-electron chi connectivity index (χ1n) is 12.0. The number of tetrazole rings is 1. The molecule has 1 aliphatic carbocycles. The van der Waals surface area contributed by atoms with Crippen molar-refractivity contribution >= 4 is 24.0 Å². The second-order valence-electron chi connectivity index (χ2n) is 8.89. The molecule has 0 spiro atoms. The molecular formula is C26H28ClN9O2. The molecule has 1 aliphatic rings. The lowest BCUT2D eigenvalue weighted by Crippen LogP contribution is -2.20. The van der Waals surface area contributed by atoms with Crippen LogP contribution in [0.15, 0.2) is 55.1 Å². The van der Waals surface area contributed by atoms with Gasteiger partial charge in [-0.25, -0.2) is 14.6 Å². The highest BCUT2D eigenvalue weighted by Crippen LogP contribution is 2.30. The predicted octanol–water partition coefficient (Wildman–Crippen LogP) is 3.90. The van der Waals surface area contributed by atoms with Gasteiger partial charge in [-0.05, 0) is 65.6 Å². The highest BCUT2D eigenvalue weighted by atomic mass is 35.5. The van der Waals surface area contributed by atoms with E-state index in [1.807, 2.05) is 31.2 Å². The molecule has 11 nitrogen and oxygen atoms in total. The quantitative estimate of drug-likeness (QED) is 0.292. The number of nitriles is 1. The zero-order valence-electron chi connectivity index (χ0n) is 21.0. The first-order valence-corrected chi connectivity index (χ1v) is 12.0. The molecule has 2 aromatic carbocycles. The molecule has 0 aliphatic heterocycles. The van der Waals surface area contributed by atoms with Crippen LogP contribution in [0.2, 0.25) is 0 Å². The van der Waals surface area contributed by atoms with Crippen LogP contribution < -0.4 is 20.1 Å². The zero-order valence-corrected chi connectivity index (χ0v) is 21.9. The number of methoxy groups -OCH3 is 1. The summed E-state index contributed by atoms with van der Waals surface area (Å²) in [6.45, 7) is 3.16. The molecule has 0 bridgehead atoms. The fourth-order valence-corrected chi connectivity index (χ4v) is 3.83. The molecular weight excluding hydrogens is 506 g/mol. The van der Waals surface area contributed by atoms with E-state index in [4.69, 9.17) is 9.47 Å². The summed E-state index contributed by atoms with van der Waals surface area (Å²) in [4.78, 5) is 8.96. The summed E-state index contributed by atoms with van der Waals surface area (Å²) in [5.41, 5.74) is 4.02. The van der Waals surface area contributed by atoms with Gasteiger partial charge in [-0.15, -0.1) is 17.5 Å². The Bertz CT molecular complexity index is 1390. The first kappa shape index (κ1) is 26.8. The topological polar surface area (TPSA) is 136 Å². The van der Waals surface area contributed by atoms with E-state index in [0.717, 1.165) is 34.7 Å². The highest BCUT2D eigenvalue weighted by molar-refractivity contribution is 5.85. The number of nitrogens with one attached hydrogen (secondary N) is 2. The van der Waals surface area contributed by atoms with E-state index in [1.165, 1.54) is 19.2 Å². The fourth-order valence-electron chi connectivity index (χ4n) is 3.83. The van der Waals surface area contributed by atoms with Gasteiger partial charge in [-0.2, -0.15) is 5.26 Å². The maximum Gasteiger partial charge on any atom is 0.227 e. The van der Waals surface area contributed by atoms with E-state index in [2.05, 4.69) is 48.3 Å². The molecule has 5 rings (SSSR count). The second-order valence-corrected chi connectivity index (χ2v) is 8.89. The van der Waals surface area contributed by atoms with Crippen molar-refractivity contribution in [3.05, 3.63) is 66.2 Å². The monoisotopic (exact) mass is 533 g/mol. The normalized spacial score (nSPS) is 13.2. The van der Waals surface area contributed by atoms with Crippen molar-refractivity contribution in [2.75, 3.05) is 12.4 Å². The van der Waals surface area contributed by atoms with Crippen LogP contribution in [0.5, 0.6) is 11.5 Å². The van der Waals surface area contributed by atoms with Gasteiger partial charge < -0.3 is 20.1 Å². The molecule has 1 unspecified atom stereocenters. The SMILES string of the molecule is COc1cc(CNC2CC2)ccc1Nc1ncc(-c2ccc(C#N)c(OC(C)Cn3cnnn3)c2)cn1.Cl. The number of hydrogen-bond donors (Lipinski definition) is 2. The minimum Gasteiger partial charge on any atom is -0.495 e. The van der Waals surface area contributed by atoms with E-state index in [1.54, 1.807) is 30.3 Å². The summed E-state index contributed by atoms with van der Waals surface area (Å²) in [6.07, 6.45) is 7.23. The lowest BCUT2D eigenvalue weighted by Gasteiger charge is -2.16. The van der Waals surface area contributed by atoms with Gasteiger partial charge in [-0.1, -0.05) is 12.1 Å². The van der Waals surface area contributed by atoms with E-state index in [0.29, 0.717) is 29.8 Å². The second kappa shape index (κ2) is 12.3. The minimum atomic E-state index is -0.250. The molecule has 12 heteroatoms. The summed E-state index contributed by atoms with van der Waals surface area (Å²) in [6, 6.07) is 14.3. The highest BCUT2D eigenvalue weighted by Gasteiger charge is 2.20. The Kier molecular flexibility index (Phi) is 8.68. The van der Waals surface area contributed by atoms with E-state index in [9.17, 15) is 5.26 Å². The Hall–Kier alpha value is -4.27. The Labute approximate surface area is 226 Å². The summed E-state index contributed by atoms with van der Waals surface area (Å²) in [5.74, 6) is 1.65. The van der Waals surface area contributed by atoms with E-state index in [-0.39, 0.29) is 18.5 Å².